The van der Waals surface area contributed by atoms with Crippen molar-refractivity contribution in [1.29, 1.82) is 0 Å². The summed E-state index contributed by atoms with van der Waals surface area (Å²) in [6.07, 6.45) is 0.650. The van der Waals surface area contributed by atoms with Crippen LogP contribution >= 0.6 is 0 Å². The van der Waals surface area contributed by atoms with Crippen LogP contribution in [0.5, 0.6) is 0 Å². The summed E-state index contributed by atoms with van der Waals surface area (Å²) in [7, 11) is 1.93. The Morgan fingerprint density at radius 2 is 2.06 bits per heavy atom. The summed E-state index contributed by atoms with van der Waals surface area (Å²) in [5.41, 5.74) is 1.01. The molecule has 1 aliphatic rings. The number of benzene rings is 1. The first-order valence-corrected chi connectivity index (χ1v) is 5.75. The van der Waals surface area contributed by atoms with Gasteiger partial charge in [-0.1, -0.05) is 18.2 Å². The molecule has 0 bridgehead atoms. The fourth-order valence-corrected chi connectivity index (χ4v) is 2.40. The van der Waals surface area contributed by atoms with E-state index in [1.54, 1.807) is 0 Å². The molecule has 16 heavy (non-hydrogen) atoms. The van der Waals surface area contributed by atoms with Crippen molar-refractivity contribution in [3.05, 3.63) is 30.3 Å². The molecule has 1 aliphatic heterocycles. The Morgan fingerprint density at radius 3 is 2.69 bits per heavy atom. The number of rotatable bonds is 3. The highest BCUT2D eigenvalue weighted by Gasteiger charge is 2.36. The van der Waals surface area contributed by atoms with Crippen LogP contribution in [0.4, 0.5) is 5.69 Å². The third-order valence-corrected chi connectivity index (χ3v) is 3.30. The molecule has 1 heterocycles. The van der Waals surface area contributed by atoms with E-state index in [4.69, 9.17) is 0 Å². The van der Waals surface area contributed by atoms with Crippen LogP contribution in [0.25, 0.3) is 0 Å². The second-order valence-corrected chi connectivity index (χ2v) is 4.36. The van der Waals surface area contributed by atoms with E-state index in [-0.39, 0.29) is 11.9 Å². The normalized spacial score (nSPS) is 25.1. The molecular formula is C13H18N2O. The summed E-state index contributed by atoms with van der Waals surface area (Å²) in [6.45, 7) is 3.02. The number of carbonyl (C=O) groups is 1. The fraction of sp³-hybridized carbons (Fsp3) is 0.462. The summed E-state index contributed by atoms with van der Waals surface area (Å²) in [5, 5.41) is 3.15. The van der Waals surface area contributed by atoms with Crippen molar-refractivity contribution in [3.63, 3.8) is 0 Å². The molecule has 3 nitrogen and oxygen atoms in total. The molecule has 1 fully saturated rings. The van der Waals surface area contributed by atoms with Crippen molar-refractivity contribution in [3.8, 4) is 0 Å². The van der Waals surface area contributed by atoms with Crippen molar-refractivity contribution in [2.75, 3.05) is 18.5 Å². The number of nitrogens with one attached hydrogen (secondary N) is 1. The number of para-hydroxylation sites is 1. The standard InChI is InChI=1S/C13H18N2O/c1-10-11(9-14-2)8-13(16)15(10)12-6-4-3-5-7-12/h3-7,10-11,14H,8-9H2,1-2H3. The topological polar surface area (TPSA) is 32.3 Å². The van der Waals surface area contributed by atoms with Crippen LogP contribution in [-0.2, 0) is 4.79 Å². The van der Waals surface area contributed by atoms with Crippen LogP contribution in [0.1, 0.15) is 13.3 Å². The second-order valence-electron chi connectivity index (χ2n) is 4.36. The minimum atomic E-state index is 0.235. The highest BCUT2D eigenvalue weighted by atomic mass is 16.2. The van der Waals surface area contributed by atoms with Crippen LogP contribution in [0.3, 0.4) is 0 Å². The average molecular weight is 218 g/mol. The highest BCUT2D eigenvalue weighted by Crippen LogP contribution is 2.30. The summed E-state index contributed by atoms with van der Waals surface area (Å²) in [4.78, 5) is 13.9. The molecule has 1 N–H and O–H groups in total. The van der Waals surface area contributed by atoms with Gasteiger partial charge in [0.25, 0.3) is 0 Å². The fourth-order valence-electron chi connectivity index (χ4n) is 2.40. The summed E-state index contributed by atoms with van der Waals surface area (Å²) < 4.78 is 0. The maximum atomic E-state index is 12.0. The maximum absolute atomic E-state index is 12.0. The van der Waals surface area contributed by atoms with Gasteiger partial charge >= 0.3 is 0 Å². The second kappa shape index (κ2) is 4.66. The van der Waals surface area contributed by atoms with E-state index in [0.717, 1.165) is 12.2 Å². The number of amides is 1. The summed E-state index contributed by atoms with van der Waals surface area (Å²) in [5.74, 6) is 0.650. The molecule has 0 radical (unpaired) electrons. The number of hydrogen-bond donors (Lipinski definition) is 1. The van der Waals surface area contributed by atoms with Gasteiger partial charge in [-0.2, -0.15) is 0 Å². The van der Waals surface area contributed by atoms with Gasteiger partial charge in [0, 0.05) is 30.6 Å². The quantitative estimate of drug-likeness (QED) is 0.836. The van der Waals surface area contributed by atoms with E-state index in [0.29, 0.717) is 12.3 Å². The van der Waals surface area contributed by atoms with Crippen molar-refractivity contribution in [2.45, 2.75) is 19.4 Å². The van der Waals surface area contributed by atoms with Gasteiger partial charge in [0.2, 0.25) is 5.91 Å². The van der Waals surface area contributed by atoms with Gasteiger partial charge in [-0.25, -0.2) is 0 Å². The summed E-state index contributed by atoms with van der Waals surface area (Å²) in [6, 6.07) is 10.2. The lowest BCUT2D eigenvalue weighted by molar-refractivity contribution is -0.117. The lowest BCUT2D eigenvalue weighted by atomic mass is 10.0. The zero-order chi connectivity index (χ0) is 11.5. The van der Waals surface area contributed by atoms with Crippen LogP contribution < -0.4 is 10.2 Å². The lowest BCUT2D eigenvalue weighted by Gasteiger charge is -2.24. The smallest absolute Gasteiger partial charge is 0.227 e. The van der Waals surface area contributed by atoms with E-state index < -0.39 is 0 Å². The van der Waals surface area contributed by atoms with E-state index in [9.17, 15) is 4.79 Å². The lowest BCUT2D eigenvalue weighted by Crippen LogP contribution is -2.35. The Labute approximate surface area is 96.5 Å². The van der Waals surface area contributed by atoms with Crippen LogP contribution in [0, 0.1) is 5.92 Å². The van der Waals surface area contributed by atoms with E-state index in [2.05, 4.69) is 12.2 Å². The van der Waals surface area contributed by atoms with Gasteiger partial charge in [-0.15, -0.1) is 0 Å². The summed E-state index contributed by atoms with van der Waals surface area (Å²) >= 11 is 0. The molecule has 0 aliphatic carbocycles. The number of carbonyl (C=O) groups excluding carboxylic acids is 1. The third kappa shape index (κ3) is 1.95. The van der Waals surface area contributed by atoms with Gasteiger partial charge in [-0.05, 0) is 26.1 Å². The molecule has 1 amide bonds. The third-order valence-electron chi connectivity index (χ3n) is 3.30. The SMILES string of the molecule is CNCC1CC(=O)N(c2ccccc2)C1C. The molecule has 2 unspecified atom stereocenters. The minimum Gasteiger partial charge on any atom is -0.319 e. The Morgan fingerprint density at radius 1 is 1.38 bits per heavy atom. The van der Waals surface area contributed by atoms with Gasteiger partial charge in [0.1, 0.15) is 0 Å². The first-order chi connectivity index (χ1) is 7.74. The Kier molecular flexibility index (Phi) is 3.25. The van der Waals surface area contributed by atoms with Crippen LogP contribution in [-0.4, -0.2) is 25.5 Å². The van der Waals surface area contributed by atoms with E-state index in [1.807, 2.05) is 42.3 Å². The first-order valence-electron chi connectivity index (χ1n) is 5.75. The van der Waals surface area contributed by atoms with Crippen molar-refractivity contribution in [1.82, 2.24) is 5.32 Å². The highest BCUT2D eigenvalue weighted by molar-refractivity contribution is 5.96. The van der Waals surface area contributed by atoms with Crippen LogP contribution in [0.2, 0.25) is 0 Å². The minimum absolute atomic E-state index is 0.235. The molecule has 1 saturated heterocycles. The van der Waals surface area contributed by atoms with Crippen LogP contribution in [0.15, 0.2) is 30.3 Å². The maximum Gasteiger partial charge on any atom is 0.227 e. The molecule has 2 rings (SSSR count). The van der Waals surface area contributed by atoms with E-state index in [1.165, 1.54) is 0 Å². The number of anilines is 1. The Balaban J connectivity index is 2.20. The van der Waals surface area contributed by atoms with E-state index >= 15 is 0 Å². The zero-order valence-electron chi connectivity index (χ0n) is 9.81. The van der Waals surface area contributed by atoms with Gasteiger partial charge in [0.05, 0.1) is 0 Å². The molecule has 1 aromatic carbocycles. The Hall–Kier alpha value is -1.35. The monoisotopic (exact) mass is 218 g/mol. The predicted octanol–water partition coefficient (Wildman–Crippen LogP) is 1.65. The van der Waals surface area contributed by atoms with Gasteiger partial charge in [-0.3, -0.25) is 4.79 Å². The molecule has 2 atom stereocenters. The van der Waals surface area contributed by atoms with Crippen molar-refractivity contribution in [2.24, 2.45) is 5.92 Å². The van der Waals surface area contributed by atoms with Gasteiger partial charge in [0.15, 0.2) is 0 Å². The number of nitrogens with zero attached hydrogens (tertiary/aromatic N) is 1. The molecule has 0 saturated carbocycles. The molecular weight excluding hydrogens is 200 g/mol. The Bertz CT molecular complexity index is 363. The largest absolute Gasteiger partial charge is 0.319 e. The van der Waals surface area contributed by atoms with Crippen molar-refractivity contribution < 1.29 is 4.79 Å². The molecule has 3 heteroatoms. The van der Waals surface area contributed by atoms with Gasteiger partial charge < -0.3 is 10.2 Å². The molecule has 0 aromatic heterocycles. The molecule has 1 aromatic rings. The average Bonchev–Trinajstić information content (AvgIpc) is 2.56. The zero-order valence-corrected chi connectivity index (χ0v) is 9.81. The first kappa shape index (κ1) is 11.1. The molecule has 86 valence electrons. The predicted molar refractivity (Wildman–Crippen MR) is 65.4 cm³/mol. The molecule has 0 spiro atoms. The van der Waals surface area contributed by atoms with Crippen molar-refractivity contribution >= 4 is 11.6 Å². The number of hydrogen-bond acceptors (Lipinski definition) is 2.